The van der Waals surface area contributed by atoms with Gasteiger partial charge in [-0.25, -0.2) is 9.80 Å². The molecule has 0 spiro atoms. The molecule has 2 aromatic carbocycles. The molecule has 1 N–H and O–H groups in total. The van der Waals surface area contributed by atoms with E-state index in [1.165, 1.54) is 5.01 Å². The highest BCUT2D eigenvalue weighted by molar-refractivity contribution is 7.12. The van der Waals surface area contributed by atoms with Crippen LogP contribution in [0.25, 0.3) is 10.8 Å². The summed E-state index contributed by atoms with van der Waals surface area (Å²) in [5.74, 6) is -1.07. The second-order valence-corrected chi connectivity index (χ2v) is 10.7. The van der Waals surface area contributed by atoms with Gasteiger partial charge in [-0.05, 0) is 45.8 Å². The lowest BCUT2D eigenvalue weighted by Crippen LogP contribution is -2.46. The number of thiophene rings is 1. The Bertz CT molecular complexity index is 1490. The van der Waals surface area contributed by atoms with Crippen LogP contribution in [0.1, 0.15) is 42.5 Å². The topological polar surface area (TPSA) is 101 Å². The van der Waals surface area contributed by atoms with Crippen molar-refractivity contribution in [2.75, 3.05) is 6.61 Å². The van der Waals surface area contributed by atoms with E-state index in [1.54, 1.807) is 29.7 Å². The smallest absolute Gasteiger partial charge is 0.329 e. The summed E-state index contributed by atoms with van der Waals surface area (Å²) in [4.78, 5) is 40.1. The van der Waals surface area contributed by atoms with Crippen LogP contribution < -0.4 is 5.32 Å². The van der Waals surface area contributed by atoms with Crippen LogP contribution in [0.5, 0.6) is 0 Å². The largest absolute Gasteiger partial charge is 0.467 e. The maximum absolute atomic E-state index is 13.2. The molecular formula is C30H29N3O5S. The van der Waals surface area contributed by atoms with Crippen LogP contribution in [0, 0.1) is 5.92 Å². The molecule has 2 aromatic heterocycles. The molecule has 0 fully saturated rings. The number of hydrogen-bond acceptors (Lipinski definition) is 7. The number of fused-ring (bicyclic) bond motifs is 1. The first-order valence-electron chi connectivity index (χ1n) is 12.8. The molecule has 1 aliphatic rings. The van der Waals surface area contributed by atoms with E-state index in [0.29, 0.717) is 12.2 Å². The van der Waals surface area contributed by atoms with Crippen LogP contribution in [-0.2, 0) is 25.5 Å². The Kier molecular flexibility index (Phi) is 7.88. The summed E-state index contributed by atoms with van der Waals surface area (Å²) >= 11 is 1.54. The molecule has 0 aliphatic carbocycles. The predicted octanol–water partition coefficient (Wildman–Crippen LogP) is 5.10. The fraction of sp³-hybridized carbons (Fsp3) is 0.267. The van der Waals surface area contributed by atoms with Gasteiger partial charge in [-0.1, -0.05) is 62.4 Å². The van der Waals surface area contributed by atoms with E-state index < -0.39 is 30.6 Å². The van der Waals surface area contributed by atoms with Crippen LogP contribution in [0.2, 0.25) is 0 Å². The van der Waals surface area contributed by atoms with E-state index in [1.807, 2.05) is 73.8 Å². The zero-order valence-electron chi connectivity index (χ0n) is 21.7. The van der Waals surface area contributed by atoms with Gasteiger partial charge < -0.3 is 14.5 Å². The Morgan fingerprint density at radius 1 is 1.08 bits per heavy atom. The second-order valence-electron chi connectivity index (χ2n) is 9.71. The summed E-state index contributed by atoms with van der Waals surface area (Å²) in [5.41, 5.74) is 1.64. The van der Waals surface area contributed by atoms with E-state index in [9.17, 15) is 14.4 Å². The van der Waals surface area contributed by atoms with Crippen molar-refractivity contribution in [2.45, 2.75) is 38.8 Å². The van der Waals surface area contributed by atoms with Gasteiger partial charge in [-0.15, -0.1) is 11.3 Å². The van der Waals surface area contributed by atoms with Crippen molar-refractivity contribution >= 4 is 45.6 Å². The molecule has 4 aromatic rings. The normalized spacial score (nSPS) is 15.8. The molecule has 0 bridgehead atoms. The summed E-state index contributed by atoms with van der Waals surface area (Å²) in [5, 5.41) is 12.6. The molecule has 2 atom stereocenters. The zero-order valence-corrected chi connectivity index (χ0v) is 22.5. The lowest BCUT2D eigenvalue weighted by Gasteiger charge is -2.23. The lowest BCUT2D eigenvalue weighted by molar-refractivity contribution is -0.156. The summed E-state index contributed by atoms with van der Waals surface area (Å²) in [6, 6.07) is 19.8. The van der Waals surface area contributed by atoms with Crippen LogP contribution >= 0.6 is 11.3 Å². The summed E-state index contributed by atoms with van der Waals surface area (Å²) < 4.78 is 11.0. The fourth-order valence-electron chi connectivity index (χ4n) is 4.67. The number of hydrogen-bond donors (Lipinski definition) is 1. The molecule has 5 rings (SSSR count). The number of carbonyl (C=O) groups is 3. The fourth-order valence-corrected chi connectivity index (χ4v) is 5.39. The first kappa shape index (κ1) is 26.4. The average Bonchev–Trinajstić information content (AvgIpc) is 3.72. The highest BCUT2D eigenvalue weighted by Gasteiger charge is 2.36. The second kappa shape index (κ2) is 11.7. The Hall–Kier alpha value is -4.24. The molecule has 0 radical (unpaired) electrons. The number of nitrogens with one attached hydrogen (secondary N) is 1. The van der Waals surface area contributed by atoms with Gasteiger partial charge >= 0.3 is 5.97 Å². The van der Waals surface area contributed by atoms with Gasteiger partial charge in [0.05, 0.1) is 23.3 Å². The van der Waals surface area contributed by atoms with Crippen molar-refractivity contribution in [2.24, 2.45) is 11.0 Å². The quantitative estimate of drug-likeness (QED) is 0.296. The van der Waals surface area contributed by atoms with Crippen molar-refractivity contribution in [3.8, 4) is 0 Å². The standard InChI is InChI=1S/C30H29N3O5S/c1-19(2)29(31-27(34)16-21-10-5-9-20-8-3-4-11-22(20)21)30(36)38-18-28(35)33-24(25-12-6-14-37-25)17-23(32-33)26-13-7-15-39-26/h3-15,19,24,29H,16-18H2,1-2H3,(H,31,34)/t24-,29-/m1/s1. The van der Waals surface area contributed by atoms with E-state index >= 15 is 0 Å². The number of carbonyl (C=O) groups excluding carboxylic acids is 3. The number of benzene rings is 2. The minimum Gasteiger partial charge on any atom is -0.467 e. The molecule has 0 saturated carbocycles. The van der Waals surface area contributed by atoms with Crippen molar-refractivity contribution in [3.63, 3.8) is 0 Å². The molecule has 2 amide bonds. The van der Waals surface area contributed by atoms with Crippen LogP contribution in [0.3, 0.4) is 0 Å². The minimum atomic E-state index is -0.898. The van der Waals surface area contributed by atoms with Gasteiger partial charge in [0.15, 0.2) is 6.61 Å². The Morgan fingerprint density at radius 2 is 1.90 bits per heavy atom. The SMILES string of the molecule is CC(C)[C@@H](NC(=O)Cc1cccc2ccccc12)C(=O)OCC(=O)N1N=C(c2cccs2)C[C@@H]1c1ccco1. The number of amides is 2. The van der Waals surface area contributed by atoms with E-state index in [-0.39, 0.29) is 18.2 Å². The third-order valence-corrected chi connectivity index (χ3v) is 7.57. The Balaban J connectivity index is 1.23. The first-order chi connectivity index (χ1) is 18.9. The molecule has 8 nitrogen and oxygen atoms in total. The zero-order chi connectivity index (χ0) is 27.4. The third kappa shape index (κ3) is 5.93. The monoisotopic (exact) mass is 543 g/mol. The molecular weight excluding hydrogens is 514 g/mol. The number of nitrogens with zero attached hydrogens (tertiary/aromatic N) is 2. The number of esters is 1. The maximum atomic E-state index is 13.2. The van der Waals surface area contributed by atoms with Crippen LogP contribution in [0.15, 0.2) is 87.9 Å². The molecule has 39 heavy (non-hydrogen) atoms. The molecule has 1 aliphatic heterocycles. The van der Waals surface area contributed by atoms with Crippen molar-refractivity contribution in [1.82, 2.24) is 10.3 Å². The van der Waals surface area contributed by atoms with E-state index in [0.717, 1.165) is 26.9 Å². The van der Waals surface area contributed by atoms with Crippen molar-refractivity contribution in [3.05, 3.63) is 94.6 Å². The maximum Gasteiger partial charge on any atom is 0.329 e. The van der Waals surface area contributed by atoms with Gasteiger partial charge in [0.1, 0.15) is 17.8 Å². The Labute approximate surface area is 230 Å². The van der Waals surface area contributed by atoms with E-state index in [4.69, 9.17) is 9.15 Å². The number of hydrazone groups is 1. The van der Waals surface area contributed by atoms with Gasteiger partial charge in [-0.3, -0.25) is 9.59 Å². The van der Waals surface area contributed by atoms with Crippen LogP contribution in [-0.4, -0.2) is 41.2 Å². The minimum absolute atomic E-state index is 0.121. The molecule has 9 heteroatoms. The van der Waals surface area contributed by atoms with Gasteiger partial charge in [-0.2, -0.15) is 5.10 Å². The molecule has 3 heterocycles. The van der Waals surface area contributed by atoms with Crippen molar-refractivity contribution < 1.29 is 23.5 Å². The first-order valence-corrected chi connectivity index (χ1v) is 13.7. The lowest BCUT2D eigenvalue weighted by atomic mass is 10.0. The highest BCUT2D eigenvalue weighted by Crippen LogP contribution is 2.34. The predicted molar refractivity (Wildman–Crippen MR) is 149 cm³/mol. The molecule has 0 unspecified atom stereocenters. The van der Waals surface area contributed by atoms with Gasteiger partial charge in [0, 0.05) is 6.42 Å². The number of furan rings is 1. The van der Waals surface area contributed by atoms with Gasteiger partial charge in [0.25, 0.3) is 5.91 Å². The summed E-state index contributed by atoms with van der Waals surface area (Å²) in [7, 11) is 0. The number of ether oxygens (including phenoxy) is 1. The average molecular weight is 544 g/mol. The third-order valence-electron chi connectivity index (χ3n) is 6.65. The summed E-state index contributed by atoms with van der Waals surface area (Å²) in [6.07, 6.45) is 2.16. The van der Waals surface area contributed by atoms with Crippen molar-refractivity contribution in [1.29, 1.82) is 0 Å². The van der Waals surface area contributed by atoms with Crippen LogP contribution in [0.4, 0.5) is 0 Å². The molecule has 0 saturated heterocycles. The van der Waals surface area contributed by atoms with Gasteiger partial charge in [0.2, 0.25) is 5.91 Å². The summed E-state index contributed by atoms with van der Waals surface area (Å²) in [6.45, 7) is 3.13. The number of rotatable bonds is 9. The van der Waals surface area contributed by atoms with E-state index in [2.05, 4.69) is 10.4 Å². The Morgan fingerprint density at radius 3 is 2.64 bits per heavy atom. The highest BCUT2D eigenvalue weighted by atomic mass is 32.1. The molecule has 200 valence electrons.